The molecule has 23 heavy (non-hydrogen) atoms. The fraction of sp³-hybridized carbons (Fsp3) is 0.556. The van der Waals surface area contributed by atoms with Gasteiger partial charge in [-0.15, -0.1) is 11.3 Å². The number of Topliss-reactive ketones (excluding diaryl/α,β-unsaturated/α-hetero) is 1. The predicted molar refractivity (Wildman–Crippen MR) is 92.4 cm³/mol. The number of rotatable bonds is 8. The summed E-state index contributed by atoms with van der Waals surface area (Å²) in [7, 11) is 0. The third-order valence-electron chi connectivity index (χ3n) is 4.01. The Morgan fingerprint density at radius 1 is 1.39 bits per heavy atom. The molecule has 2 heterocycles. The van der Waals surface area contributed by atoms with Crippen molar-refractivity contribution in [1.29, 1.82) is 0 Å². The molecule has 1 unspecified atom stereocenters. The molecule has 0 aliphatic carbocycles. The van der Waals surface area contributed by atoms with E-state index < -0.39 is 11.9 Å². The predicted octanol–water partition coefficient (Wildman–Crippen LogP) is 4.25. The number of ketones is 1. The molecule has 0 aromatic carbocycles. The van der Waals surface area contributed by atoms with Gasteiger partial charge in [0.2, 0.25) is 0 Å². The van der Waals surface area contributed by atoms with Gasteiger partial charge in [-0.3, -0.25) is 9.59 Å². The van der Waals surface area contributed by atoms with Gasteiger partial charge in [-0.05, 0) is 23.8 Å². The van der Waals surface area contributed by atoms with Crippen LogP contribution in [0.4, 0.5) is 0 Å². The quantitative estimate of drug-likeness (QED) is 0.723. The number of nitrogens with zero attached hydrogens (tertiary/aromatic N) is 1. The first kappa shape index (κ1) is 17.7. The Balaban J connectivity index is 2.33. The Kier molecular flexibility index (Phi) is 5.99. The maximum atomic E-state index is 12.6. The molecule has 126 valence electrons. The fourth-order valence-corrected chi connectivity index (χ4v) is 3.77. The van der Waals surface area contributed by atoms with Crippen LogP contribution >= 0.6 is 11.3 Å². The molecule has 0 saturated heterocycles. The second-order valence-corrected chi connectivity index (χ2v) is 7.39. The maximum absolute atomic E-state index is 12.6. The third kappa shape index (κ3) is 3.83. The Morgan fingerprint density at radius 3 is 2.70 bits per heavy atom. The SMILES string of the molecule is CCCCCN1C(=O)C(O)=C(C(=O)CC(C)C)C1c1cccs1. The molecular weight excluding hydrogens is 310 g/mol. The van der Waals surface area contributed by atoms with Gasteiger partial charge >= 0.3 is 0 Å². The monoisotopic (exact) mass is 335 g/mol. The molecule has 1 aromatic heterocycles. The van der Waals surface area contributed by atoms with Crippen LogP contribution in [0.25, 0.3) is 0 Å². The molecule has 0 bridgehead atoms. The fourth-order valence-electron chi connectivity index (χ4n) is 2.92. The topological polar surface area (TPSA) is 57.6 Å². The van der Waals surface area contributed by atoms with Gasteiger partial charge in [0.05, 0.1) is 11.6 Å². The highest BCUT2D eigenvalue weighted by atomic mass is 32.1. The molecule has 1 aliphatic heterocycles. The molecule has 1 N–H and O–H groups in total. The van der Waals surface area contributed by atoms with E-state index in [1.165, 1.54) is 11.3 Å². The number of thiophene rings is 1. The molecule has 0 spiro atoms. The number of carbonyl (C=O) groups is 2. The Morgan fingerprint density at radius 2 is 2.13 bits per heavy atom. The molecule has 0 fully saturated rings. The van der Waals surface area contributed by atoms with Crippen molar-refractivity contribution in [2.75, 3.05) is 6.54 Å². The molecule has 1 amide bonds. The van der Waals surface area contributed by atoms with Gasteiger partial charge in [0, 0.05) is 17.8 Å². The summed E-state index contributed by atoms with van der Waals surface area (Å²) in [6.07, 6.45) is 3.31. The van der Waals surface area contributed by atoms with Crippen molar-refractivity contribution in [2.24, 2.45) is 5.92 Å². The van der Waals surface area contributed by atoms with E-state index in [-0.39, 0.29) is 23.0 Å². The summed E-state index contributed by atoms with van der Waals surface area (Å²) >= 11 is 1.52. The number of aliphatic hydroxyl groups excluding tert-OH is 1. The molecule has 1 aliphatic rings. The number of hydrogen-bond donors (Lipinski definition) is 1. The lowest BCUT2D eigenvalue weighted by atomic mass is 9.95. The number of aliphatic hydroxyl groups is 1. The van der Waals surface area contributed by atoms with Crippen molar-refractivity contribution in [3.8, 4) is 0 Å². The van der Waals surface area contributed by atoms with E-state index in [2.05, 4.69) is 6.92 Å². The van der Waals surface area contributed by atoms with Crippen molar-refractivity contribution in [3.63, 3.8) is 0 Å². The molecule has 2 rings (SSSR count). The van der Waals surface area contributed by atoms with E-state index in [1.54, 1.807) is 4.90 Å². The van der Waals surface area contributed by atoms with Gasteiger partial charge in [0.1, 0.15) is 0 Å². The van der Waals surface area contributed by atoms with Gasteiger partial charge < -0.3 is 10.0 Å². The molecular formula is C18H25NO3S. The summed E-state index contributed by atoms with van der Waals surface area (Å²) < 4.78 is 0. The van der Waals surface area contributed by atoms with Crippen LogP contribution in [0.5, 0.6) is 0 Å². The largest absolute Gasteiger partial charge is 0.503 e. The number of unbranched alkanes of at least 4 members (excludes halogenated alkanes) is 2. The first-order valence-corrected chi connectivity index (χ1v) is 9.16. The molecule has 0 saturated carbocycles. The highest BCUT2D eigenvalue weighted by molar-refractivity contribution is 7.10. The van der Waals surface area contributed by atoms with E-state index in [4.69, 9.17) is 0 Å². The van der Waals surface area contributed by atoms with E-state index >= 15 is 0 Å². The summed E-state index contributed by atoms with van der Waals surface area (Å²) in [5.41, 5.74) is 0.280. The summed E-state index contributed by atoms with van der Waals surface area (Å²) in [6.45, 7) is 6.60. The van der Waals surface area contributed by atoms with Gasteiger partial charge in [-0.25, -0.2) is 0 Å². The Hall–Kier alpha value is -1.62. The Labute approximate surface area is 141 Å². The van der Waals surface area contributed by atoms with Crippen molar-refractivity contribution >= 4 is 23.0 Å². The van der Waals surface area contributed by atoms with E-state index in [0.717, 1.165) is 24.1 Å². The van der Waals surface area contributed by atoms with Gasteiger partial charge in [0.15, 0.2) is 11.5 Å². The van der Waals surface area contributed by atoms with Crippen LogP contribution < -0.4 is 0 Å². The van der Waals surface area contributed by atoms with Crippen LogP contribution in [0.15, 0.2) is 28.8 Å². The van der Waals surface area contributed by atoms with Crippen molar-refractivity contribution in [1.82, 2.24) is 4.90 Å². The average molecular weight is 335 g/mol. The zero-order valence-corrected chi connectivity index (χ0v) is 14.9. The minimum atomic E-state index is -0.425. The van der Waals surface area contributed by atoms with E-state index in [1.807, 2.05) is 31.4 Å². The lowest BCUT2D eigenvalue weighted by Gasteiger charge is -2.25. The minimum Gasteiger partial charge on any atom is -0.503 e. The van der Waals surface area contributed by atoms with Crippen molar-refractivity contribution in [3.05, 3.63) is 33.7 Å². The second kappa shape index (κ2) is 7.77. The molecule has 1 atom stereocenters. The molecule has 1 aromatic rings. The summed E-state index contributed by atoms with van der Waals surface area (Å²) in [4.78, 5) is 27.7. The lowest BCUT2D eigenvalue weighted by Crippen LogP contribution is -2.31. The summed E-state index contributed by atoms with van der Waals surface area (Å²) in [5, 5.41) is 12.2. The maximum Gasteiger partial charge on any atom is 0.290 e. The van der Waals surface area contributed by atoms with Crippen LogP contribution in [0, 0.1) is 5.92 Å². The molecule has 5 heteroatoms. The number of hydrogen-bond acceptors (Lipinski definition) is 4. The first-order valence-electron chi connectivity index (χ1n) is 8.28. The highest BCUT2D eigenvalue weighted by Gasteiger charge is 2.43. The second-order valence-electron chi connectivity index (χ2n) is 6.41. The van der Waals surface area contributed by atoms with Gasteiger partial charge in [0.25, 0.3) is 5.91 Å². The van der Waals surface area contributed by atoms with Crippen LogP contribution in [0.1, 0.15) is 57.4 Å². The minimum absolute atomic E-state index is 0.123. The summed E-state index contributed by atoms with van der Waals surface area (Å²) in [5.74, 6) is -0.699. The van der Waals surface area contributed by atoms with Gasteiger partial charge in [-0.1, -0.05) is 39.7 Å². The zero-order valence-electron chi connectivity index (χ0n) is 14.0. The van der Waals surface area contributed by atoms with E-state index in [9.17, 15) is 14.7 Å². The summed E-state index contributed by atoms with van der Waals surface area (Å²) in [6, 6.07) is 3.41. The van der Waals surface area contributed by atoms with Gasteiger partial charge in [-0.2, -0.15) is 0 Å². The normalized spacial score (nSPS) is 18.3. The third-order valence-corrected chi connectivity index (χ3v) is 4.94. The van der Waals surface area contributed by atoms with E-state index in [0.29, 0.717) is 13.0 Å². The molecule has 0 radical (unpaired) electrons. The van der Waals surface area contributed by atoms with Crippen LogP contribution in [0.2, 0.25) is 0 Å². The van der Waals surface area contributed by atoms with Crippen LogP contribution in [-0.4, -0.2) is 28.2 Å². The van der Waals surface area contributed by atoms with Crippen molar-refractivity contribution in [2.45, 2.75) is 52.5 Å². The number of carbonyl (C=O) groups excluding carboxylic acids is 2. The first-order chi connectivity index (χ1) is 11.0. The number of amides is 1. The smallest absolute Gasteiger partial charge is 0.290 e. The average Bonchev–Trinajstić information content (AvgIpc) is 3.08. The van der Waals surface area contributed by atoms with Crippen molar-refractivity contribution < 1.29 is 14.7 Å². The lowest BCUT2D eigenvalue weighted by molar-refractivity contribution is -0.129. The van der Waals surface area contributed by atoms with Crippen LogP contribution in [0.3, 0.4) is 0 Å². The van der Waals surface area contributed by atoms with Crippen LogP contribution in [-0.2, 0) is 9.59 Å². The highest BCUT2D eigenvalue weighted by Crippen LogP contribution is 2.40. The zero-order chi connectivity index (χ0) is 17.0. The Bertz CT molecular complexity index is 589. The molecule has 4 nitrogen and oxygen atoms in total. The standard InChI is InChI=1S/C18H25NO3S/c1-4-5-6-9-19-16(14-8-7-10-23-14)15(17(21)18(19)22)13(20)11-12(2)3/h7-8,10,12,16,21H,4-6,9,11H2,1-3H3.